The Balaban J connectivity index is 1.53. The number of rotatable bonds is 6. The number of hydrogen-bond donors (Lipinski definition) is 2. The highest BCUT2D eigenvalue weighted by atomic mass is 16.5. The lowest BCUT2D eigenvalue weighted by molar-refractivity contribution is -0.136. The molecule has 0 aromatic heterocycles. The maximum atomic E-state index is 13.0. The van der Waals surface area contributed by atoms with Crippen molar-refractivity contribution in [1.29, 1.82) is 0 Å². The Hall–Kier alpha value is -2.41. The van der Waals surface area contributed by atoms with Crippen LogP contribution in [0.1, 0.15) is 57.6 Å². The van der Waals surface area contributed by atoms with E-state index in [0.29, 0.717) is 31.9 Å². The summed E-state index contributed by atoms with van der Waals surface area (Å²) in [4.78, 5) is 38.9. The number of imide groups is 1. The van der Waals surface area contributed by atoms with Gasteiger partial charge in [-0.1, -0.05) is 45.0 Å². The molecule has 7 heteroatoms. The first kappa shape index (κ1) is 22.3. The first-order chi connectivity index (χ1) is 14.1. The summed E-state index contributed by atoms with van der Waals surface area (Å²) in [6.45, 7) is 7.27. The van der Waals surface area contributed by atoms with Crippen molar-refractivity contribution in [1.82, 2.24) is 15.5 Å². The van der Waals surface area contributed by atoms with Gasteiger partial charge in [0, 0.05) is 13.7 Å². The van der Waals surface area contributed by atoms with Gasteiger partial charge < -0.3 is 15.4 Å². The minimum Gasteiger partial charge on any atom is -0.380 e. The molecule has 1 aliphatic carbocycles. The number of hydrogen-bond acceptors (Lipinski definition) is 4. The van der Waals surface area contributed by atoms with Gasteiger partial charge in [-0.05, 0) is 48.1 Å². The van der Waals surface area contributed by atoms with Crippen molar-refractivity contribution in [2.75, 3.05) is 13.7 Å². The summed E-state index contributed by atoms with van der Waals surface area (Å²) in [5.41, 5.74) is 1.35. The molecule has 164 valence electrons. The molecule has 1 aromatic rings. The van der Waals surface area contributed by atoms with E-state index in [-0.39, 0.29) is 23.8 Å². The summed E-state index contributed by atoms with van der Waals surface area (Å²) < 4.78 is 5.09. The lowest BCUT2D eigenvalue weighted by Crippen LogP contribution is -2.51. The maximum Gasteiger partial charge on any atom is 0.325 e. The molecule has 7 nitrogen and oxygen atoms in total. The molecule has 4 amide bonds. The standard InChI is InChI=1S/C23H33N3O4/c1-22(2,3)18-9-11-23(12-10-18)20(28)26(21(29)25-23)14-19(27)24-13-16-5-7-17(8-6-16)15-30-4/h5-8,18H,9-15H2,1-4H3,(H,24,27)(H,25,29). The normalized spacial score (nSPS) is 24.3. The average molecular weight is 416 g/mol. The minimum atomic E-state index is -0.837. The topological polar surface area (TPSA) is 87.7 Å². The van der Waals surface area contributed by atoms with E-state index < -0.39 is 11.6 Å². The zero-order valence-corrected chi connectivity index (χ0v) is 18.4. The summed E-state index contributed by atoms with van der Waals surface area (Å²) >= 11 is 0. The van der Waals surface area contributed by atoms with Gasteiger partial charge in [-0.15, -0.1) is 0 Å². The third-order valence-corrected chi connectivity index (χ3v) is 6.44. The fourth-order valence-corrected chi connectivity index (χ4v) is 4.46. The van der Waals surface area contributed by atoms with Gasteiger partial charge in [0.2, 0.25) is 5.91 Å². The zero-order valence-electron chi connectivity index (χ0n) is 18.4. The molecule has 0 bridgehead atoms. The molecule has 0 unspecified atom stereocenters. The molecule has 1 aliphatic heterocycles. The molecule has 1 saturated heterocycles. The average Bonchev–Trinajstić information content (AvgIpc) is 2.91. The molecular formula is C23H33N3O4. The van der Waals surface area contributed by atoms with Gasteiger partial charge in [-0.25, -0.2) is 4.79 Å². The highest BCUT2D eigenvalue weighted by molar-refractivity contribution is 6.09. The molecule has 2 N–H and O–H groups in total. The number of carbonyl (C=O) groups excluding carboxylic acids is 3. The van der Waals surface area contributed by atoms with E-state index in [2.05, 4.69) is 31.4 Å². The van der Waals surface area contributed by atoms with Crippen molar-refractivity contribution < 1.29 is 19.1 Å². The van der Waals surface area contributed by atoms with Gasteiger partial charge in [-0.2, -0.15) is 0 Å². The predicted molar refractivity (Wildman–Crippen MR) is 113 cm³/mol. The molecule has 1 heterocycles. The van der Waals surface area contributed by atoms with Crippen molar-refractivity contribution in [2.45, 2.75) is 65.1 Å². The Morgan fingerprint density at radius 1 is 1.17 bits per heavy atom. The summed E-state index contributed by atoms with van der Waals surface area (Å²) in [6.07, 6.45) is 3.06. The van der Waals surface area contributed by atoms with Crippen LogP contribution in [0.25, 0.3) is 0 Å². The van der Waals surface area contributed by atoms with Gasteiger partial charge in [0.05, 0.1) is 6.61 Å². The van der Waals surface area contributed by atoms with E-state index in [4.69, 9.17) is 4.74 Å². The van der Waals surface area contributed by atoms with Crippen molar-refractivity contribution in [2.24, 2.45) is 11.3 Å². The van der Waals surface area contributed by atoms with Crippen LogP contribution in [-0.4, -0.2) is 41.9 Å². The Morgan fingerprint density at radius 2 is 1.77 bits per heavy atom. The number of ether oxygens (including phenoxy) is 1. The largest absolute Gasteiger partial charge is 0.380 e. The molecule has 1 spiro atoms. The smallest absolute Gasteiger partial charge is 0.325 e. The van der Waals surface area contributed by atoms with Crippen LogP contribution in [0.15, 0.2) is 24.3 Å². The van der Waals surface area contributed by atoms with Crippen LogP contribution >= 0.6 is 0 Å². The quantitative estimate of drug-likeness (QED) is 0.699. The lowest BCUT2D eigenvalue weighted by atomic mass is 9.67. The van der Waals surface area contributed by atoms with Crippen LogP contribution in [0.4, 0.5) is 4.79 Å². The number of benzene rings is 1. The number of methoxy groups -OCH3 is 1. The number of carbonyl (C=O) groups is 3. The summed E-state index contributed by atoms with van der Waals surface area (Å²) in [6, 6.07) is 7.27. The van der Waals surface area contributed by atoms with Crippen molar-refractivity contribution in [3.63, 3.8) is 0 Å². The van der Waals surface area contributed by atoms with Gasteiger partial charge in [0.15, 0.2) is 0 Å². The minimum absolute atomic E-state index is 0.189. The highest BCUT2D eigenvalue weighted by Crippen LogP contribution is 2.43. The Bertz CT molecular complexity index is 790. The summed E-state index contributed by atoms with van der Waals surface area (Å²) in [5, 5.41) is 5.68. The van der Waals surface area contributed by atoms with Crippen LogP contribution in [0.2, 0.25) is 0 Å². The molecule has 1 saturated carbocycles. The second-order valence-electron chi connectivity index (χ2n) is 9.57. The third-order valence-electron chi connectivity index (χ3n) is 6.44. The second-order valence-corrected chi connectivity index (χ2v) is 9.57. The van der Waals surface area contributed by atoms with E-state index in [1.807, 2.05) is 24.3 Å². The van der Waals surface area contributed by atoms with Gasteiger partial charge in [0.25, 0.3) is 5.91 Å². The molecule has 1 aromatic carbocycles. The molecule has 3 rings (SSSR count). The number of urea groups is 1. The van der Waals surface area contributed by atoms with Gasteiger partial charge in [0.1, 0.15) is 12.1 Å². The fourth-order valence-electron chi connectivity index (χ4n) is 4.46. The first-order valence-corrected chi connectivity index (χ1v) is 10.6. The Kier molecular flexibility index (Phi) is 6.50. The van der Waals surface area contributed by atoms with Crippen LogP contribution in [0, 0.1) is 11.3 Å². The van der Waals surface area contributed by atoms with Crippen LogP contribution in [-0.2, 0) is 27.5 Å². The SMILES string of the molecule is COCc1ccc(CNC(=O)CN2C(=O)NC3(CCC(C(C)(C)C)CC3)C2=O)cc1. The van der Waals surface area contributed by atoms with E-state index in [0.717, 1.165) is 28.9 Å². The highest BCUT2D eigenvalue weighted by Gasteiger charge is 2.53. The van der Waals surface area contributed by atoms with E-state index in [9.17, 15) is 14.4 Å². The molecule has 0 atom stereocenters. The van der Waals surface area contributed by atoms with Crippen LogP contribution in [0.3, 0.4) is 0 Å². The van der Waals surface area contributed by atoms with Crippen LogP contribution < -0.4 is 10.6 Å². The first-order valence-electron chi connectivity index (χ1n) is 10.6. The summed E-state index contributed by atoms with van der Waals surface area (Å²) in [5.74, 6) is -0.0840. The fraction of sp³-hybridized carbons (Fsp3) is 0.609. The number of nitrogens with one attached hydrogen (secondary N) is 2. The second kappa shape index (κ2) is 8.76. The zero-order chi connectivity index (χ0) is 21.9. The van der Waals surface area contributed by atoms with E-state index in [1.165, 1.54) is 0 Å². The molecular weight excluding hydrogens is 382 g/mol. The molecule has 2 aliphatic rings. The lowest BCUT2D eigenvalue weighted by Gasteiger charge is -2.40. The monoisotopic (exact) mass is 415 g/mol. The van der Waals surface area contributed by atoms with Crippen LogP contribution in [0.5, 0.6) is 0 Å². The van der Waals surface area contributed by atoms with Gasteiger partial charge >= 0.3 is 6.03 Å². The molecule has 30 heavy (non-hydrogen) atoms. The van der Waals surface area contributed by atoms with Gasteiger partial charge in [-0.3, -0.25) is 14.5 Å². The number of amides is 4. The van der Waals surface area contributed by atoms with Crippen molar-refractivity contribution in [3.05, 3.63) is 35.4 Å². The van der Waals surface area contributed by atoms with E-state index >= 15 is 0 Å². The predicted octanol–water partition coefficient (Wildman–Crippen LogP) is 2.98. The maximum absolute atomic E-state index is 13.0. The summed E-state index contributed by atoms with van der Waals surface area (Å²) in [7, 11) is 1.64. The molecule has 0 radical (unpaired) electrons. The van der Waals surface area contributed by atoms with Crippen molar-refractivity contribution in [3.8, 4) is 0 Å². The van der Waals surface area contributed by atoms with E-state index in [1.54, 1.807) is 7.11 Å². The van der Waals surface area contributed by atoms with Crippen molar-refractivity contribution >= 4 is 17.8 Å². The Labute approximate surface area is 178 Å². The Morgan fingerprint density at radius 3 is 2.33 bits per heavy atom. The molecule has 2 fully saturated rings. The third kappa shape index (κ3) is 4.83. The number of nitrogens with zero attached hydrogens (tertiary/aromatic N) is 1.